The fourth-order valence-electron chi connectivity index (χ4n) is 3.93. The predicted molar refractivity (Wildman–Crippen MR) is 130 cm³/mol. The Hall–Kier alpha value is -3.39. The highest BCUT2D eigenvalue weighted by atomic mass is 35.5. The minimum Gasteiger partial charge on any atom is -0.370 e. The average Bonchev–Trinajstić information content (AvgIpc) is 3.36. The summed E-state index contributed by atoms with van der Waals surface area (Å²) in [5, 5.41) is 6.70. The van der Waals surface area contributed by atoms with Crippen LogP contribution >= 0.6 is 11.6 Å². The molecule has 0 aliphatic carbocycles. The lowest BCUT2D eigenvalue weighted by Gasteiger charge is -2.15. The van der Waals surface area contributed by atoms with Crippen LogP contribution in [0.5, 0.6) is 0 Å². The molecule has 0 spiro atoms. The number of nitrogens with zero attached hydrogens (tertiary/aromatic N) is 2. The number of hydrogen-bond acceptors (Lipinski definition) is 4. The van der Waals surface area contributed by atoms with Gasteiger partial charge in [0, 0.05) is 48.4 Å². The average molecular weight is 501 g/mol. The van der Waals surface area contributed by atoms with Crippen LogP contribution in [0.3, 0.4) is 0 Å². The highest BCUT2D eigenvalue weighted by Crippen LogP contribution is 2.36. The van der Waals surface area contributed by atoms with Gasteiger partial charge in [0.15, 0.2) is 5.69 Å². The Bertz CT molecular complexity index is 1270. The molecule has 0 saturated heterocycles. The Balaban J connectivity index is 1.64. The van der Waals surface area contributed by atoms with Crippen molar-refractivity contribution < 1.29 is 18.0 Å². The van der Waals surface area contributed by atoms with Crippen molar-refractivity contribution in [3.05, 3.63) is 87.7 Å². The number of aromatic nitrogens is 1. The number of amides is 1. The fourth-order valence-corrected chi connectivity index (χ4v) is 4.05. The summed E-state index contributed by atoms with van der Waals surface area (Å²) in [6.45, 7) is 3.22. The third kappa shape index (κ3) is 6.19. The molecule has 2 aromatic carbocycles. The van der Waals surface area contributed by atoms with E-state index in [1.54, 1.807) is 18.2 Å². The van der Waals surface area contributed by atoms with Crippen LogP contribution in [0.15, 0.2) is 59.7 Å². The molecule has 9 heteroatoms. The molecular formula is C26H24ClF3N4O. The Morgan fingerprint density at radius 1 is 1.09 bits per heavy atom. The molecule has 1 amide bonds. The van der Waals surface area contributed by atoms with E-state index in [9.17, 15) is 18.0 Å². The van der Waals surface area contributed by atoms with E-state index in [4.69, 9.17) is 11.6 Å². The van der Waals surface area contributed by atoms with Crippen molar-refractivity contribution in [2.45, 2.75) is 39.0 Å². The minimum absolute atomic E-state index is 0.0811. The number of carbonyl (C=O) groups excluding carboxylic acids is 1. The molecule has 1 aliphatic rings. The molecule has 1 aliphatic heterocycles. The van der Waals surface area contributed by atoms with Crippen molar-refractivity contribution in [2.75, 3.05) is 6.54 Å². The number of rotatable bonds is 6. The topological polar surface area (TPSA) is 66.4 Å². The van der Waals surface area contributed by atoms with Gasteiger partial charge in [0.05, 0.1) is 5.84 Å². The number of halogens is 4. The van der Waals surface area contributed by atoms with Gasteiger partial charge in [-0.15, -0.1) is 0 Å². The summed E-state index contributed by atoms with van der Waals surface area (Å²) in [5.41, 5.74) is 1.88. The van der Waals surface area contributed by atoms with Crippen LogP contribution in [0.4, 0.5) is 13.2 Å². The van der Waals surface area contributed by atoms with Crippen LogP contribution in [0.1, 0.15) is 45.6 Å². The van der Waals surface area contributed by atoms with Crippen LogP contribution < -0.4 is 10.6 Å². The van der Waals surface area contributed by atoms with E-state index in [2.05, 4.69) is 20.6 Å². The van der Waals surface area contributed by atoms with E-state index in [-0.39, 0.29) is 23.2 Å². The van der Waals surface area contributed by atoms with Gasteiger partial charge in [0.1, 0.15) is 0 Å². The Labute approximate surface area is 206 Å². The summed E-state index contributed by atoms with van der Waals surface area (Å²) >= 11 is 6.07. The Kier molecular flexibility index (Phi) is 7.40. The molecule has 2 heterocycles. The molecule has 2 N–H and O–H groups in total. The van der Waals surface area contributed by atoms with Gasteiger partial charge in [0.2, 0.25) is 0 Å². The second-order valence-electron chi connectivity index (χ2n) is 8.37. The number of carbonyl (C=O) groups is 1. The zero-order valence-corrected chi connectivity index (χ0v) is 19.8. The van der Waals surface area contributed by atoms with Gasteiger partial charge in [-0.1, -0.05) is 29.8 Å². The van der Waals surface area contributed by atoms with Crippen LogP contribution in [0.25, 0.3) is 11.1 Å². The second-order valence-corrected chi connectivity index (χ2v) is 8.77. The van der Waals surface area contributed by atoms with Crippen LogP contribution in [0, 0.1) is 6.92 Å². The van der Waals surface area contributed by atoms with Gasteiger partial charge < -0.3 is 10.6 Å². The molecule has 182 valence electrons. The number of amidine groups is 1. The van der Waals surface area contributed by atoms with Crippen molar-refractivity contribution in [3.8, 4) is 11.1 Å². The standard InChI is InChI=1S/C26H24ClF3N4O/c1-16-10-17(6-7-22(16)27)14-34-25(35)20-12-18(15-33-23-5-3-8-31-23)11-19(13-20)21-4-2-9-32-24(21)26(28,29)30/h2,4,6-7,9-13H,3,5,8,14-15H2,1H3,(H,31,33)(H,34,35). The third-order valence-corrected chi connectivity index (χ3v) is 6.11. The smallest absolute Gasteiger partial charge is 0.370 e. The van der Waals surface area contributed by atoms with Crippen LogP contribution in [-0.2, 0) is 19.3 Å². The van der Waals surface area contributed by atoms with E-state index >= 15 is 0 Å². The molecular weight excluding hydrogens is 477 g/mol. The summed E-state index contributed by atoms with van der Waals surface area (Å²) in [5.74, 6) is 0.466. The third-order valence-electron chi connectivity index (χ3n) is 5.69. The van der Waals surface area contributed by atoms with Gasteiger partial charge >= 0.3 is 6.18 Å². The molecule has 1 aromatic heterocycles. The second kappa shape index (κ2) is 10.5. The highest BCUT2D eigenvalue weighted by molar-refractivity contribution is 6.31. The van der Waals surface area contributed by atoms with Crippen molar-refractivity contribution in [2.24, 2.45) is 4.99 Å². The van der Waals surface area contributed by atoms with Crippen molar-refractivity contribution in [1.29, 1.82) is 0 Å². The first-order valence-electron chi connectivity index (χ1n) is 11.2. The number of benzene rings is 2. The number of nitrogens with one attached hydrogen (secondary N) is 2. The molecule has 4 rings (SSSR count). The highest BCUT2D eigenvalue weighted by Gasteiger charge is 2.35. The van der Waals surface area contributed by atoms with E-state index in [0.29, 0.717) is 17.1 Å². The van der Waals surface area contributed by atoms with Gasteiger partial charge in [-0.05, 0) is 65.9 Å². The molecule has 0 unspecified atom stereocenters. The van der Waals surface area contributed by atoms with E-state index in [0.717, 1.165) is 42.5 Å². The van der Waals surface area contributed by atoms with Gasteiger partial charge in [-0.2, -0.15) is 13.2 Å². The number of aliphatic imine (C=N–C) groups is 1. The summed E-state index contributed by atoms with van der Waals surface area (Å²) in [7, 11) is 0. The maximum atomic E-state index is 13.6. The predicted octanol–water partition coefficient (Wildman–Crippen LogP) is 5.94. The number of hydrogen-bond donors (Lipinski definition) is 2. The lowest BCUT2D eigenvalue weighted by atomic mass is 9.97. The molecule has 0 saturated carbocycles. The first-order chi connectivity index (χ1) is 16.7. The number of aryl methyl sites for hydroxylation is 1. The molecule has 5 nitrogen and oxygen atoms in total. The molecule has 0 bridgehead atoms. The monoisotopic (exact) mass is 500 g/mol. The summed E-state index contributed by atoms with van der Waals surface area (Å²) in [6.07, 6.45) is -1.73. The lowest BCUT2D eigenvalue weighted by molar-refractivity contribution is -0.140. The maximum Gasteiger partial charge on any atom is 0.433 e. The van der Waals surface area contributed by atoms with Gasteiger partial charge in [-0.25, -0.2) is 0 Å². The van der Waals surface area contributed by atoms with Gasteiger partial charge in [0.25, 0.3) is 5.91 Å². The SMILES string of the molecule is Cc1cc(CNC(=O)c2cc(CNC3=NCCC3)cc(-c3cccnc3C(F)(F)F)c2)ccc1Cl. The first-order valence-corrected chi connectivity index (χ1v) is 11.6. The fraction of sp³-hybridized carbons (Fsp3) is 0.269. The van der Waals surface area contributed by atoms with Crippen molar-refractivity contribution in [1.82, 2.24) is 15.6 Å². The number of alkyl halides is 3. The van der Waals surface area contributed by atoms with E-state index < -0.39 is 17.8 Å². The quantitative estimate of drug-likeness (QED) is 0.440. The normalized spacial score (nSPS) is 13.5. The van der Waals surface area contributed by atoms with Crippen LogP contribution in [0.2, 0.25) is 5.02 Å². The zero-order valence-electron chi connectivity index (χ0n) is 19.0. The van der Waals surface area contributed by atoms with E-state index in [1.165, 1.54) is 18.2 Å². The molecule has 0 radical (unpaired) electrons. The van der Waals surface area contributed by atoms with Gasteiger partial charge in [-0.3, -0.25) is 14.8 Å². The number of pyridine rings is 1. The van der Waals surface area contributed by atoms with E-state index in [1.807, 2.05) is 19.1 Å². The lowest BCUT2D eigenvalue weighted by Crippen LogP contribution is -2.24. The minimum atomic E-state index is -4.63. The first kappa shape index (κ1) is 24.7. The zero-order chi connectivity index (χ0) is 25.0. The molecule has 3 aromatic rings. The van der Waals surface area contributed by atoms with Crippen LogP contribution in [-0.4, -0.2) is 23.3 Å². The largest absolute Gasteiger partial charge is 0.433 e. The molecule has 35 heavy (non-hydrogen) atoms. The Morgan fingerprint density at radius 2 is 1.91 bits per heavy atom. The summed E-state index contributed by atoms with van der Waals surface area (Å²) in [6, 6.07) is 13.1. The summed E-state index contributed by atoms with van der Waals surface area (Å²) in [4.78, 5) is 21.0. The maximum absolute atomic E-state index is 13.6. The molecule has 0 fully saturated rings. The van der Waals surface area contributed by atoms with Crippen molar-refractivity contribution >= 4 is 23.3 Å². The Morgan fingerprint density at radius 3 is 2.63 bits per heavy atom. The van der Waals surface area contributed by atoms with Crippen molar-refractivity contribution in [3.63, 3.8) is 0 Å². The summed E-state index contributed by atoms with van der Waals surface area (Å²) < 4.78 is 40.9. The molecule has 0 atom stereocenters.